The Bertz CT molecular complexity index is 456. The van der Waals surface area contributed by atoms with Gasteiger partial charge in [-0.05, 0) is 43.4 Å². The molecule has 0 saturated carbocycles. The molecule has 0 saturated heterocycles. The van der Waals surface area contributed by atoms with E-state index in [9.17, 15) is 13.2 Å². The van der Waals surface area contributed by atoms with Crippen molar-refractivity contribution in [2.75, 3.05) is 19.8 Å². The Labute approximate surface area is 149 Å². The maximum absolute atomic E-state index is 12.7. The monoisotopic (exact) mass is 378 g/mol. The minimum atomic E-state index is -4.31. The van der Waals surface area contributed by atoms with Crippen LogP contribution in [0.3, 0.4) is 0 Å². The summed E-state index contributed by atoms with van der Waals surface area (Å²) < 4.78 is 56.0. The number of benzene rings is 1. The van der Waals surface area contributed by atoms with Crippen molar-refractivity contribution >= 4 is 8.80 Å². The van der Waals surface area contributed by atoms with E-state index in [0.717, 1.165) is 37.0 Å². The van der Waals surface area contributed by atoms with Crippen molar-refractivity contribution in [3.8, 4) is 0 Å². The largest absolute Gasteiger partial charge is 0.501 e. The van der Waals surface area contributed by atoms with Gasteiger partial charge < -0.3 is 13.3 Å². The SMILES string of the molecule is CCCO[Si](CCc1ccc(C(F)(F)F)cc1)(OCCC)OCCC. The van der Waals surface area contributed by atoms with E-state index in [0.29, 0.717) is 32.3 Å². The molecular weight excluding hydrogens is 349 g/mol. The first-order valence-electron chi connectivity index (χ1n) is 8.95. The zero-order chi connectivity index (χ0) is 18.8. The van der Waals surface area contributed by atoms with Gasteiger partial charge in [0.25, 0.3) is 0 Å². The maximum atomic E-state index is 12.7. The van der Waals surface area contributed by atoms with Gasteiger partial charge in [-0.15, -0.1) is 0 Å². The Morgan fingerprint density at radius 3 is 1.60 bits per heavy atom. The number of halogens is 3. The standard InChI is InChI=1S/C18H29F3O3Si/c1-4-12-22-25(23-13-5-2,24-14-6-3)15-11-16-7-9-17(10-8-16)18(19,20)21/h7-10H,4-6,11-15H2,1-3H3. The van der Waals surface area contributed by atoms with Gasteiger partial charge in [-0.3, -0.25) is 0 Å². The molecule has 0 unspecified atom stereocenters. The van der Waals surface area contributed by atoms with E-state index >= 15 is 0 Å². The quantitative estimate of drug-likeness (QED) is 0.452. The van der Waals surface area contributed by atoms with Gasteiger partial charge >= 0.3 is 15.0 Å². The molecule has 0 aromatic heterocycles. The highest BCUT2D eigenvalue weighted by Crippen LogP contribution is 2.29. The Morgan fingerprint density at radius 2 is 1.24 bits per heavy atom. The van der Waals surface area contributed by atoms with Crippen molar-refractivity contribution in [1.29, 1.82) is 0 Å². The van der Waals surface area contributed by atoms with Gasteiger partial charge in [-0.25, -0.2) is 0 Å². The van der Waals surface area contributed by atoms with Crippen LogP contribution in [0.5, 0.6) is 0 Å². The molecule has 25 heavy (non-hydrogen) atoms. The van der Waals surface area contributed by atoms with Gasteiger partial charge in [0.2, 0.25) is 0 Å². The maximum Gasteiger partial charge on any atom is 0.501 e. The summed E-state index contributed by atoms with van der Waals surface area (Å²) in [5, 5.41) is 0. The second-order valence-electron chi connectivity index (χ2n) is 5.92. The zero-order valence-corrected chi connectivity index (χ0v) is 16.3. The molecule has 1 aromatic rings. The zero-order valence-electron chi connectivity index (χ0n) is 15.3. The van der Waals surface area contributed by atoms with Crippen LogP contribution in [-0.2, 0) is 25.9 Å². The smallest absolute Gasteiger partial charge is 0.373 e. The Morgan fingerprint density at radius 1 is 0.800 bits per heavy atom. The molecule has 0 amide bonds. The van der Waals surface area contributed by atoms with Crippen molar-refractivity contribution in [3.05, 3.63) is 35.4 Å². The van der Waals surface area contributed by atoms with Crippen LogP contribution in [0.4, 0.5) is 13.2 Å². The molecule has 0 atom stereocenters. The molecule has 0 spiro atoms. The van der Waals surface area contributed by atoms with E-state index in [1.165, 1.54) is 12.1 Å². The molecule has 7 heteroatoms. The number of hydrogen-bond donors (Lipinski definition) is 0. The van der Waals surface area contributed by atoms with Crippen molar-refractivity contribution in [3.63, 3.8) is 0 Å². The van der Waals surface area contributed by atoms with Gasteiger partial charge in [-0.2, -0.15) is 13.2 Å². The average Bonchev–Trinajstić information content (AvgIpc) is 2.60. The summed E-state index contributed by atoms with van der Waals surface area (Å²) in [6.07, 6.45) is -1.16. The normalized spacial score (nSPS) is 12.6. The minimum Gasteiger partial charge on any atom is -0.373 e. The topological polar surface area (TPSA) is 27.7 Å². The molecule has 0 aliphatic carbocycles. The number of hydrogen-bond acceptors (Lipinski definition) is 3. The fourth-order valence-electron chi connectivity index (χ4n) is 2.27. The molecule has 0 fully saturated rings. The summed E-state index contributed by atoms with van der Waals surface area (Å²) >= 11 is 0. The van der Waals surface area contributed by atoms with E-state index in [1.807, 2.05) is 20.8 Å². The Kier molecular flexibility index (Phi) is 9.71. The van der Waals surface area contributed by atoms with E-state index in [4.69, 9.17) is 13.3 Å². The molecule has 3 nitrogen and oxygen atoms in total. The molecule has 0 bridgehead atoms. The van der Waals surface area contributed by atoms with E-state index in [2.05, 4.69) is 0 Å². The summed E-state index contributed by atoms with van der Waals surface area (Å²) in [4.78, 5) is 0. The molecule has 0 radical (unpaired) electrons. The van der Waals surface area contributed by atoms with Crippen LogP contribution in [0.15, 0.2) is 24.3 Å². The van der Waals surface area contributed by atoms with E-state index < -0.39 is 20.5 Å². The van der Waals surface area contributed by atoms with Crippen LogP contribution in [-0.4, -0.2) is 28.6 Å². The third-order valence-electron chi connectivity index (χ3n) is 3.58. The van der Waals surface area contributed by atoms with Gasteiger partial charge in [0, 0.05) is 25.9 Å². The van der Waals surface area contributed by atoms with Crippen LogP contribution in [0, 0.1) is 0 Å². The molecule has 1 rings (SSSR count). The summed E-state index contributed by atoms with van der Waals surface area (Å²) in [5.41, 5.74) is 0.191. The van der Waals surface area contributed by atoms with Crippen molar-refractivity contribution in [2.45, 2.75) is 58.7 Å². The predicted molar refractivity (Wildman–Crippen MR) is 94.4 cm³/mol. The molecule has 0 N–H and O–H groups in total. The lowest BCUT2D eigenvalue weighted by molar-refractivity contribution is -0.137. The van der Waals surface area contributed by atoms with Crippen molar-refractivity contribution < 1.29 is 26.4 Å². The number of rotatable bonds is 12. The van der Waals surface area contributed by atoms with Crippen LogP contribution >= 0.6 is 0 Å². The van der Waals surface area contributed by atoms with Crippen molar-refractivity contribution in [1.82, 2.24) is 0 Å². The fourth-order valence-corrected chi connectivity index (χ4v) is 5.10. The lowest BCUT2D eigenvalue weighted by Gasteiger charge is -2.29. The molecular formula is C18H29F3O3Si. The second kappa shape index (κ2) is 11.0. The van der Waals surface area contributed by atoms with Crippen LogP contribution < -0.4 is 0 Å². The summed E-state index contributed by atoms with van der Waals surface area (Å²) in [6.45, 7) is 7.75. The van der Waals surface area contributed by atoms with Crippen LogP contribution in [0.1, 0.15) is 51.2 Å². The lowest BCUT2D eigenvalue weighted by atomic mass is 10.1. The lowest BCUT2D eigenvalue weighted by Crippen LogP contribution is -2.47. The Hall–Kier alpha value is -0.893. The molecule has 144 valence electrons. The minimum absolute atomic E-state index is 0.562. The van der Waals surface area contributed by atoms with Gasteiger partial charge in [-0.1, -0.05) is 32.9 Å². The highest BCUT2D eigenvalue weighted by Gasteiger charge is 2.40. The third kappa shape index (κ3) is 7.90. The number of alkyl halides is 3. The molecule has 0 aliphatic heterocycles. The summed E-state index contributed by atoms with van der Waals surface area (Å²) in [7, 11) is -2.81. The molecule has 0 aliphatic rings. The van der Waals surface area contributed by atoms with Crippen LogP contribution in [0.2, 0.25) is 6.04 Å². The highest BCUT2D eigenvalue weighted by molar-refractivity contribution is 6.60. The van der Waals surface area contributed by atoms with E-state index in [-0.39, 0.29) is 0 Å². The molecule has 1 aromatic carbocycles. The van der Waals surface area contributed by atoms with Gasteiger partial charge in [0.1, 0.15) is 0 Å². The second-order valence-corrected chi connectivity index (χ2v) is 8.66. The predicted octanol–water partition coefficient (Wildman–Crippen LogP) is 5.47. The number of aryl methyl sites for hydroxylation is 1. The fraction of sp³-hybridized carbons (Fsp3) is 0.667. The third-order valence-corrected chi connectivity index (χ3v) is 6.37. The molecule has 0 heterocycles. The Balaban J connectivity index is 2.80. The van der Waals surface area contributed by atoms with Gasteiger partial charge in [0.05, 0.1) is 5.56 Å². The first-order chi connectivity index (χ1) is 11.9. The average molecular weight is 379 g/mol. The van der Waals surface area contributed by atoms with Gasteiger partial charge in [0.15, 0.2) is 0 Å². The summed E-state index contributed by atoms with van der Waals surface area (Å²) in [6, 6.07) is 5.83. The first kappa shape index (κ1) is 22.1. The summed E-state index contributed by atoms with van der Waals surface area (Å²) in [5.74, 6) is 0. The first-order valence-corrected chi connectivity index (χ1v) is 10.9. The van der Waals surface area contributed by atoms with E-state index in [1.54, 1.807) is 0 Å². The van der Waals surface area contributed by atoms with Crippen LogP contribution in [0.25, 0.3) is 0 Å². The highest BCUT2D eigenvalue weighted by atomic mass is 28.4. The van der Waals surface area contributed by atoms with Crippen molar-refractivity contribution in [2.24, 2.45) is 0 Å².